The summed E-state index contributed by atoms with van der Waals surface area (Å²) in [7, 11) is 0. The van der Waals surface area contributed by atoms with Crippen LogP contribution < -0.4 is 0 Å². The number of unbranched alkanes of at least 4 members (excludes halogenated alkanes) is 46. The smallest absolute Gasteiger partial charge is 0.306 e. The standard InChI is InChI=1S/C73H134O6/c1-4-7-10-13-16-19-22-25-28-30-32-33-34-35-36-37-38-39-40-42-43-45-48-51-54-57-60-63-66-72(75)78-69-70(68-77-71(74)65-62-59-56-53-50-47-27-24-21-18-15-12-9-6-3)79-73(76)67-64-61-58-55-52-49-46-44-41-31-29-26-23-20-17-14-11-8-5-2/h8,11,17,20,26,29,41,44,70H,4-7,9-10,12-16,18-19,21-25,27-28,30-40,42-43,45-69H2,1-3H3/b11-8-,20-17-,29-26-,44-41-. The molecule has 0 aromatic heterocycles. The van der Waals surface area contributed by atoms with E-state index in [4.69, 9.17) is 14.2 Å². The molecule has 0 bridgehead atoms. The summed E-state index contributed by atoms with van der Waals surface area (Å²) in [5.74, 6) is -0.861. The van der Waals surface area contributed by atoms with Crippen LogP contribution in [0.1, 0.15) is 380 Å². The summed E-state index contributed by atoms with van der Waals surface area (Å²) in [6.07, 6.45) is 85.7. The van der Waals surface area contributed by atoms with E-state index in [0.717, 1.165) is 96.3 Å². The summed E-state index contributed by atoms with van der Waals surface area (Å²) in [5.41, 5.74) is 0. The minimum atomic E-state index is -0.779. The van der Waals surface area contributed by atoms with Crippen molar-refractivity contribution in [1.29, 1.82) is 0 Å². The molecule has 0 aliphatic heterocycles. The van der Waals surface area contributed by atoms with Crippen molar-refractivity contribution >= 4 is 17.9 Å². The largest absolute Gasteiger partial charge is 0.462 e. The predicted molar refractivity (Wildman–Crippen MR) is 344 cm³/mol. The molecule has 462 valence electrons. The van der Waals surface area contributed by atoms with Crippen LogP contribution in [0.5, 0.6) is 0 Å². The Hall–Kier alpha value is -2.63. The topological polar surface area (TPSA) is 78.9 Å². The molecule has 6 nitrogen and oxygen atoms in total. The van der Waals surface area contributed by atoms with Crippen LogP contribution >= 0.6 is 0 Å². The monoisotopic (exact) mass is 1110 g/mol. The summed E-state index contributed by atoms with van der Waals surface area (Å²) in [5, 5.41) is 0. The van der Waals surface area contributed by atoms with Crippen LogP contribution in [-0.4, -0.2) is 37.2 Å². The third-order valence-corrected chi connectivity index (χ3v) is 15.8. The number of rotatable bonds is 65. The number of carbonyl (C=O) groups excluding carboxylic acids is 3. The van der Waals surface area contributed by atoms with Crippen LogP contribution in [0.15, 0.2) is 48.6 Å². The molecule has 0 fully saturated rings. The van der Waals surface area contributed by atoms with Gasteiger partial charge in [-0.15, -0.1) is 0 Å². The molecule has 0 radical (unpaired) electrons. The van der Waals surface area contributed by atoms with E-state index >= 15 is 0 Å². The van der Waals surface area contributed by atoms with Crippen LogP contribution in [0.25, 0.3) is 0 Å². The Labute approximate surface area is 492 Å². The molecule has 0 N–H and O–H groups in total. The maximum Gasteiger partial charge on any atom is 0.306 e. The Balaban J connectivity index is 4.22. The quantitative estimate of drug-likeness (QED) is 0.0261. The van der Waals surface area contributed by atoms with Crippen molar-refractivity contribution in [2.24, 2.45) is 0 Å². The first kappa shape index (κ1) is 76.4. The van der Waals surface area contributed by atoms with Crippen LogP contribution in [-0.2, 0) is 28.6 Å². The van der Waals surface area contributed by atoms with Crippen LogP contribution in [0.3, 0.4) is 0 Å². The number of hydrogen-bond donors (Lipinski definition) is 0. The third kappa shape index (κ3) is 66.1. The average Bonchev–Trinajstić information content (AvgIpc) is 3.45. The van der Waals surface area contributed by atoms with E-state index in [0.29, 0.717) is 19.3 Å². The van der Waals surface area contributed by atoms with Crippen LogP contribution in [0, 0.1) is 0 Å². The lowest BCUT2D eigenvalue weighted by Gasteiger charge is -2.18. The average molecular weight is 1110 g/mol. The van der Waals surface area contributed by atoms with Crippen molar-refractivity contribution in [3.8, 4) is 0 Å². The highest BCUT2D eigenvalue weighted by Crippen LogP contribution is 2.19. The molecule has 0 heterocycles. The Morgan fingerprint density at radius 2 is 0.494 bits per heavy atom. The lowest BCUT2D eigenvalue weighted by atomic mass is 10.0. The van der Waals surface area contributed by atoms with Crippen molar-refractivity contribution < 1.29 is 28.6 Å². The Kier molecular flexibility index (Phi) is 65.6. The van der Waals surface area contributed by atoms with E-state index in [1.54, 1.807) is 0 Å². The number of carbonyl (C=O) groups is 3. The molecular weight excluding hydrogens is 973 g/mol. The fourth-order valence-corrected chi connectivity index (χ4v) is 10.6. The SMILES string of the molecule is CC/C=C\C/C=C\C/C=C\C/C=C\CCCCCCCCC(=O)OC(COC(=O)CCCCCCCCCCCCCCCC)COC(=O)CCCCCCCCCCCCCCCCCCCCCCCCCCCCCC. The van der Waals surface area contributed by atoms with Crippen molar-refractivity contribution in [1.82, 2.24) is 0 Å². The molecule has 6 heteroatoms. The van der Waals surface area contributed by atoms with E-state index in [-0.39, 0.29) is 31.1 Å². The maximum absolute atomic E-state index is 12.9. The highest BCUT2D eigenvalue weighted by Gasteiger charge is 2.19. The first-order valence-corrected chi connectivity index (χ1v) is 35.1. The zero-order valence-electron chi connectivity index (χ0n) is 53.2. The van der Waals surface area contributed by atoms with E-state index in [9.17, 15) is 14.4 Å². The minimum absolute atomic E-state index is 0.0739. The normalized spacial score (nSPS) is 12.3. The summed E-state index contributed by atoms with van der Waals surface area (Å²) in [6.45, 7) is 6.59. The Morgan fingerprint density at radius 1 is 0.266 bits per heavy atom. The fraction of sp³-hybridized carbons (Fsp3) is 0.849. The predicted octanol–water partition coefficient (Wildman–Crippen LogP) is 24.1. The zero-order valence-corrected chi connectivity index (χ0v) is 53.2. The molecule has 0 spiro atoms. The van der Waals surface area contributed by atoms with Crippen molar-refractivity contribution in [3.63, 3.8) is 0 Å². The van der Waals surface area contributed by atoms with Crippen molar-refractivity contribution in [2.45, 2.75) is 386 Å². The lowest BCUT2D eigenvalue weighted by Crippen LogP contribution is -2.30. The van der Waals surface area contributed by atoms with Gasteiger partial charge in [-0.25, -0.2) is 0 Å². The van der Waals surface area contributed by atoms with Gasteiger partial charge in [-0.2, -0.15) is 0 Å². The first-order chi connectivity index (χ1) is 39.0. The number of hydrogen-bond acceptors (Lipinski definition) is 6. The van der Waals surface area contributed by atoms with Gasteiger partial charge in [0.1, 0.15) is 13.2 Å². The van der Waals surface area contributed by atoms with E-state index < -0.39 is 6.10 Å². The van der Waals surface area contributed by atoms with E-state index in [1.165, 1.54) is 244 Å². The van der Waals surface area contributed by atoms with Gasteiger partial charge in [0.2, 0.25) is 0 Å². The van der Waals surface area contributed by atoms with Gasteiger partial charge in [0, 0.05) is 19.3 Å². The summed E-state index contributed by atoms with van der Waals surface area (Å²) in [4.78, 5) is 38.4. The maximum atomic E-state index is 12.9. The van der Waals surface area contributed by atoms with Gasteiger partial charge in [0.05, 0.1) is 0 Å². The summed E-state index contributed by atoms with van der Waals surface area (Å²) >= 11 is 0. The van der Waals surface area contributed by atoms with Gasteiger partial charge in [-0.05, 0) is 57.8 Å². The van der Waals surface area contributed by atoms with E-state index in [2.05, 4.69) is 69.4 Å². The molecule has 0 saturated carbocycles. The molecule has 0 aromatic carbocycles. The highest BCUT2D eigenvalue weighted by atomic mass is 16.6. The van der Waals surface area contributed by atoms with Gasteiger partial charge in [-0.3, -0.25) is 14.4 Å². The highest BCUT2D eigenvalue weighted by molar-refractivity contribution is 5.71. The summed E-state index contributed by atoms with van der Waals surface area (Å²) < 4.78 is 17.0. The van der Waals surface area contributed by atoms with Gasteiger partial charge >= 0.3 is 17.9 Å². The Bertz CT molecular complexity index is 1360. The Morgan fingerprint density at radius 3 is 0.772 bits per heavy atom. The van der Waals surface area contributed by atoms with Gasteiger partial charge in [0.25, 0.3) is 0 Å². The second-order valence-electron chi connectivity index (χ2n) is 23.8. The second-order valence-corrected chi connectivity index (χ2v) is 23.8. The molecule has 79 heavy (non-hydrogen) atoms. The lowest BCUT2D eigenvalue weighted by molar-refractivity contribution is -0.167. The molecule has 0 rings (SSSR count). The summed E-state index contributed by atoms with van der Waals surface area (Å²) in [6, 6.07) is 0. The molecular formula is C73H134O6. The van der Waals surface area contributed by atoms with E-state index in [1.807, 2.05) is 0 Å². The van der Waals surface area contributed by atoms with Gasteiger partial charge < -0.3 is 14.2 Å². The number of allylic oxidation sites excluding steroid dienone is 8. The molecule has 0 aromatic rings. The fourth-order valence-electron chi connectivity index (χ4n) is 10.6. The van der Waals surface area contributed by atoms with Gasteiger partial charge in [-0.1, -0.05) is 352 Å². The van der Waals surface area contributed by atoms with Crippen molar-refractivity contribution in [3.05, 3.63) is 48.6 Å². The number of esters is 3. The number of ether oxygens (including phenoxy) is 3. The first-order valence-electron chi connectivity index (χ1n) is 35.1. The zero-order chi connectivity index (χ0) is 57.1. The molecule has 1 atom stereocenters. The molecule has 0 aliphatic carbocycles. The second kappa shape index (κ2) is 67.9. The van der Waals surface area contributed by atoms with Crippen molar-refractivity contribution in [2.75, 3.05) is 13.2 Å². The minimum Gasteiger partial charge on any atom is -0.462 e. The van der Waals surface area contributed by atoms with Gasteiger partial charge in [0.15, 0.2) is 6.10 Å². The molecule has 1 unspecified atom stereocenters. The van der Waals surface area contributed by atoms with Crippen LogP contribution in [0.4, 0.5) is 0 Å². The molecule has 0 aliphatic rings. The molecule has 0 saturated heterocycles. The third-order valence-electron chi connectivity index (χ3n) is 15.8. The van der Waals surface area contributed by atoms with Crippen LogP contribution in [0.2, 0.25) is 0 Å². The molecule has 0 amide bonds.